The van der Waals surface area contributed by atoms with Crippen LogP contribution in [0.25, 0.3) is 99.3 Å². The standard InChI is InChI=1S/C47H29N5/c1-2-15-31(16-3-1)51-42-23-9-8-20-36(42)43-44-37-25-24-30-14-4-5-17-33(30)45(37)52(47(44)35-19-7-6-18-34(35)46(43)51)32-28-40(38-21-10-12-26-48-38)50-41(29-32)39-22-11-13-27-49-39/h1-29H. The molecule has 6 aromatic carbocycles. The lowest BCUT2D eigenvalue weighted by Crippen LogP contribution is -2.00. The minimum absolute atomic E-state index is 0.792. The fraction of sp³-hybridized carbons (Fsp3) is 0. The summed E-state index contributed by atoms with van der Waals surface area (Å²) in [6.45, 7) is 0. The Balaban J connectivity index is 1.41. The molecule has 5 heteroatoms. The van der Waals surface area contributed by atoms with Crippen LogP contribution in [-0.2, 0) is 0 Å². The Labute approximate surface area is 298 Å². The van der Waals surface area contributed by atoms with Crippen LogP contribution in [0.4, 0.5) is 0 Å². The molecule has 52 heavy (non-hydrogen) atoms. The maximum Gasteiger partial charge on any atom is 0.0915 e. The van der Waals surface area contributed by atoms with Crippen molar-refractivity contribution in [3.8, 4) is 34.2 Å². The molecule has 0 spiro atoms. The van der Waals surface area contributed by atoms with Crippen LogP contribution in [0.3, 0.4) is 0 Å². The van der Waals surface area contributed by atoms with Crippen molar-refractivity contribution < 1.29 is 0 Å². The number of aromatic nitrogens is 5. The molecule has 242 valence electrons. The Morgan fingerprint density at radius 3 is 1.58 bits per heavy atom. The van der Waals surface area contributed by atoms with Gasteiger partial charge in [-0.05, 0) is 60.0 Å². The number of rotatable bonds is 4. The lowest BCUT2D eigenvalue weighted by atomic mass is 9.98. The van der Waals surface area contributed by atoms with Crippen LogP contribution in [-0.4, -0.2) is 24.1 Å². The van der Waals surface area contributed by atoms with E-state index >= 15 is 0 Å². The highest BCUT2D eigenvalue weighted by atomic mass is 15.0. The van der Waals surface area contributed by atoms with Gasteiger partial charge in [-0.1, -0.05) is 109 Å². The van der Waals surface area contributed by atoms with E-state index in [0.29, 0.717) is 0 Å². The molecular formula is C47H29N5. The SMILES string of the molecule is c1ccc(-n2c3ccccc3c3c4c5ccc6ccccc6c5n(-c5cc(-c6ccccn6)nc(-c6ccccn6)c5)c4c4ccccc4c32)cc1. The molecule has 0 N–H and O–H groups in total. The molecule has 0 saturated heterocycles. The maximum atomic E-state index is 5.15. The van der Waals surface area contributed by atoms with Crippen LogP contribution in [0.5, 0.6) is 0 Å². The lowest BCUT2D eigenvalue weighted by Gasteiger charge is -2.15. The Hall–Kier alpha value is -7.11. The van der Waals surface area contributed by atoms with Crippen molar-refractivity contribution in [1.29, 1.82) is 0 Å². The summed E-state index contributed by atoms with van der Waals surface area (Å²) in [6.07, 6.45) is 3.65. The molecule has 0 amide bonds. The number of pyridine rings is 3. The summed E-state index contributed by atoms with van der Waals surface area (Å²) < 4.78 is 4.92. The number of para-hydroxylation sites is 2. The highest BCUT2D eigenvalue weighted by Crippen LogP contribution is 2.48. The molecule has 0 fully saturated rings. The molecule has 5 aromatic heterocycles. The van der Waals surface area contributed by atoms with E-state index in [0.717, 1.165) is 45.2 Å². The third kappa shape index (κ3) is 4.14. The van der Waals surface area contributed by atoms with Gasteiger partial charge >= 0.3 is 0 Å². The van der Waals surface area contributed by atoms with Crippen molar-refractivity contribution in [2.45, 2.75) is 0 Å². The Morgan fingerprint density at radius 1 is 0.346 bits per heavy atom. The maximum absolute atomic E-state index is 5.15. The molecule has 0 aliphatic heterocycles. The van der Waals surface area contributed by atoms with Crippen molar-refractivity contribution in [2.24, 2.45) is 0 Å². The highest BCUT2D eigenvalue weighted by molar-refractivity contribution is 6.38. The van der Waals surface area contributed by atoms with E-state index in [1.54, 1.807) is 0 Å². The largest absolute Gasteiger partial charge is 0.309 e. The number of nitrogens with zero attached hydrogens (tertiary/aromatic N) is 5. The zero-order valence-electron chi connectivity index (χ0n) is 28.0. The van der Waals surface area contributed by atoms with Crippen LogP contribution in [0.1, 0.15) is 0 Å². The second-order valence-electron chi connectivity index (χ2n) is 13.2. The van der Waals surface area contributed by atoms with E-state index in [1.165, 1.54) is 54.1 Å². The van der Waals surface area contributed by atoms with Gasteiger partial charge in [-0.25, -0.2) is 4.98 Å². The van der Waals surface area contributed by atoms with Gasteiger partial charge in [0.15, 0.2) is 0 Å². The lowest BCUT2D eigenvalue weighted by molar-refractivity contribution is 1.15. The second-order valence-corrected chi connectivity index (χ2v) is 13.2. The van der Waals surface area contributed by atoms with E-state index < -0.39 is 0 Å². The summed E-state index contributed by atoms with van der Waals surface area (Å²) in [6, 6.07) is 58.1. The molecule has 5 heterocycles. The zero-order valence-corrected chi connectivity index (χ0v) is 28.0. The van der Waals surface area contributed by atoms with Gasteiger partial charge in [-0.3, -0.25) is 9.97 Å². The average molecular weight is 664 g/mol. The summed E-state index contributed by atoms with van der Waals surface area (Å²) >= 11 is 0. The van der Waals surface area contributed by atoms with Crippen molar-refractivity contribution in [3.05, 3.63) is 176 Å². The molecule has 11 rings (SSSR count). The van der Waals surface area contributed by atoms with E-state index in [4.69, 9.17) is 15.0 Å². The van der Waals surface area contributed by atoms with Gasteiger partial charge < -0.3 is 9.13 Å². The summed E-state index contributed by atoms with van der Waals surface area (Å²) in [5.41, 5.74) is 10.1. The van der Waals surface area contributed by atoms with E-state index in [2.05, 4.69) is 137 Å². The first-order valence-electron chi connectivity index (χ1n) is 17.5. The third-order valence-corrected chi connectivity index (χ3v) is 10.4. The monoisotopic (exact) mass is 663 g/mol. The predicted octanol–water partition coefficient (Wildman–Crippen LogP) is 11.7. The van der Waals surface area contributed by atoms with Gasteiger partial charge in [0, 0.05) is 55.8 Å². The van der Waals surface area contributed by atoms with Gasteiger partial charge in [-0.15, -0.1) is 0 Å². The zero-order chi connectivity index (χ0) is 34.2. The molecule has 0 radical (unpaired) electrons. The highest BCUT2D eigenvalue weighted by Gasteiger charge is 2.25. The first kappa shape index (κ1) is 28.7. The van der Waals surface area contributed by atoms with Gasteiger partial charge in [-0.2, -0.15) is 0 Å². The molecular weight excluding hydrogens is 635 g/mol. The summed E-state index contributed by atoms with van der Waals surface area (Å²) in [7, 11) is 0. The fourth-order valence-corrected chi connectivity index (χ4v) is 8.24. The van der Waals surface area contributed by atoms with E-state index in [1.807, 2.05) is 48.8 Å². The van der Waals surface area contributed by atoms with Crippen LogP contribution in [0.2, 0.25) is 0 Å². The topological polar surface area (TPSA) is 48.5 Å². The third-order valence-electron chi connectivity index (χ3n) is 10.4. The molecule has 0 atom stereocenters. The summed E-state index contributed by atoms with van der Waals surface area (Å²) in [5, 5.41) is 9.67. The summed E-state index contributed by atoms with van der Waals surface area (Å²) in [5.74, 6) is 0. The number of hydrogen-bond donors (Lipinski definition) is 0. The molecule has 5 nitrogen and oxygen atoms in total. The Kier molecular flexibility index (Phi) is 6.18. The minimum Gasteiger partial charge on any atom is -0.309 e. The van der Waals surface area contributed by atoms with Crippen LogP contribution < -0.4 is 0 Å². The van der Waals surface area contributed by atoms with Crippen molar-refractivity contribution in [3.63, 3.8) is 0 Å². The normalized spacial score (nSPS) is 11.8. The average Bonchev–Trinajstić information content (AvgIpc) is 3.76. The van der Waals surface area contributed by atoms with Crippen LogP contribution in [0, 0.1) is 0 Å². The van der Waals surface area contributed by atoms with E-state index in [-0.39, 0.29) is 0 Å². The van der Waals surface area contributed by atoms with Crippen molar-refractivity contribution in [2.75, 3.05) is 0 Å². The van der Waals surface area contributed by atoms with Gasteiger partial charge in [0.2, 0.25) is 0 Å². The number of hydrogen-bond acceptors (Lipinski definition) is 3. The first-order valence-corrected chi connectivity index (χ1v) is 17.5. The predicted molar refractivity (Wildman–Crippen MR) is 214 cm³/mol. The van der Waals surface area contributed by atoms with Crippen LogP contribution in [0.15, 0.2) is 176 Å². The molecule has 11 aromatic rings. The second kappa shape index (κ2) is 11.2. The van der Waals surface area contributed by atoms with Gasteiger partial charge in [0.1, 0.15) is 0 Å². The van der Waals surface area contributed by atoms with Crippen LogP contribution >= 0.6 is 0 Å². The molecule has 0 bridgehead atoms. The van der Waals surface area contributed by atoms with Gasteiger partial charge in [0.05, 0.1) is 50.5 Å². The quantitative estimate of drug-likeness (QED) is 0.188. The molecule has 0 aliphatic rings. The molecule has 0 saturated carbocycles. The Morgan fingerprint density at radius 2 is 0.904 bits per heavy atom. The number of benzene rings is 6. The number of fused-ring (bicyclic) bond motifs is 12. The first-order chi connectivity index (χ1) is 25.8. The van der Waals surface area contributed by atoms with Crippen molar-refractivity contribution >= 4 is 65.2 Å². The smallest absolute Gasteiger partial charge is 0.0915 e. The van der Waals surface area contributed by atoms with Gasteiger partial charge in [0.25, 0.3) is 0 Å². The van der Waals surface area contributed by atoms with E-state index in [9.17, 15) is 0 Å². The summed E-state index contributed by atoms with van der Waals surface area (Å²) in [4.78, 5) is 14.6. The van der Waals surface area contributed by atoms with Crippen molar-refractivity contribution in [1.82, 2.24) is 24.1 Å². The Bertz CT molecular complexity index is 3100. The minimum atomic E-state index is 0.792. The molecule has 0 unspecified atom stereocenters. The fourth-order valence-electron chi connectivity index (χ4n) is 8.24. The molecule has 0 aliphatic carbocycles.